The van der Waals surface area contributed by atoms with Crippen LogP contribution in [0.5, 0.6) is 0 Å². The van der Waals surface area contributed by atoms with Gasteiger partial charge in [-0.15, -0.1) is 0 Å². The Balaban J connectivity index is 2.46. The first kappa shape index (κ1) is 21.1. The van der Waals surface area contributed by atoms with E-state index in [1.807, 2.05) is 26.8 Å². The minimum atomic E-state index is -0.767. The van der Waals surface area contributed by atoms with Gasteiger partial charge in [-0.3, -0.25) is 9.68 Å². The molecule has 0 atom stereocenters. The Morgan fingerprint density at radius 1 is 1.16 bits per heavy atom. The van der Waals surface area contributed by atoms with Gasteiger partial charge in [-0.25, -0.2) is 4.79 Å². The zero-order valence-corrected chi connectivity index (χ0v) is 15.7. The Kier molecular flexibility index (Phi) is 7.58. The van der Waals surface area contributed by atoms with E-state index >= 15 is 0 Å². The molecule has 1 rings (SSSR count). The van der Waals surface area contributed by atoms with E-state index in [2.05, 4.69) is 24.1 Å². The Morgan fingerprint density at radius 3 is 2.44 bits per heavy atom. The van der Waals surface area contributed by atoms with E-state index in [0.29, 0.717) is 12.1 Å². The van der Waals surface area contributed by atoms with Gasteiger partial charge in [-0.05, 0) is 63.3 Å². The van der Waals surface area contributed by atoms with E-state index in [-0.39, 0.29) is 17.9 Å². The second-order valence-corrected chi connectivity index (χ2v) is 7.71. The van der Waals surface area contributed by atoms with Crippen LogP contribution in [-0.2, 0) is 19.8 Å². The number of hydrogen-bond acceptors (Lipinski definition) is 6. The third-order valence-electron chi connectivity index (χ3n) is 3.81. The van der Waals surface area contributed by atoms with Gasteiger partial charge in [0.1, 0.15) is 5.60 Å². The van der Waals surface area contributed by atoms with Crippen LogP contribution in [0.4, 0.5) is 0 Å². The molecule has 6 nitrogen and oxygen atoms in total. The van der Waals surface area contributed by atoms with Crippen molar-refractivity contribution in [2.24, 2.45) is 0 Å². The largest absolute Gasteiger partial charge is 0.459 e. The third kappa shape index (κ3) is 7.67. The van der Waals surface area contributed by atoms with Crippen molar-refractivity contribution in [3.63, 3.8) is 0 Å². The second-order valence-electron chi connectivity index (χ2n) is 7.71. The third-order valence-corrected chi connectivity index (χ3v) is 3.81. The summed E-state index contributed by atoms with van der Waals surface area (Å²) in [6, 6.07) is 7.04. The first-order valence-corrected chi connectivity index (χ1v) is 8.44. The molecule has 0 aliphatic carbocycles. The van der Waals surface area contributed by atoms with Gasteiger partial charge in [-0.1, -0.05) is 26.0 Å². The lowest BCUT2D eigenvalue weighted by Gasteiger charge is -2.26. The second kappa shape index (κ2) is 8.97. The van der Waals surface area contributed by atoms with E-state index < -0.39 is 11.6 Å². The van der Waals surface area contributed by atoms with Crippen molar-refractivity contribution in [2.45, 2.75) is 58.5 Å². The molecule has 0 unspecified atom stereocenters. The molecule has 140 valence electrons. The van der Waals surface area contributed by atoms with Crippen LogP contribution < -0.4 is 5.32 Å². The molecule has 0 aromatic heterocycles. The lowest BCUT2D eigenvalue weighted by atomic mass is 9.80. The summed E-state index contributed by atoms with van der Waals surface area (Å²) in [5.41, 5.74) is 0.680. The Morgan fingerprint density at radius 2 is 1.84 bits per heavy atom. The fourth-order valence-corrected chi connectivity index (χ4v) is 2.49. The molecule has 0 radical (unpaired) electrons. The molecule has 0 aliphatic heterocycles. The lowest BCUT2D eigenvalue weighted by Crippen LogP contribution is -2.32. The zero-order chi connectivity index (χ0) is 19.1. The van der Waals surface area contributed by atoms with Crippen LogP contribution in [0.1, 0.15) is 63.4 Å². The molecular formula is C19H29NO5. The quantitative estimate of drug-likeness (QED) is 0.323. The summed E-state index contributed by atoms with van der Waals surface area (Å²) < 4.78 is 5.24. The Labute approximate surface area is 149 Å². The highest BCUT2D eigenvalue weighted by Gasteiger charge is 2.22. The summed E-state index contributed by atoms with van der Waals surface area (Å²) >= 11 is 0. The van der Waals surface area contributed by atoms with E-state index in [9.17, 15) is 9.59 Å². The molecule has 0 bridgehead atoms. The zero-order valence-electron chi connectivity index (χ0n) is 15.7. The minimum Gasteiger partial charge on any atom is -0.459 e. The first-order chi connectivity index (χ1) is 11.5. The average molecular weight is 351 g/mol. The molecule has 0 aliphatic rings. The number of hydrogen-bond donors (Lipinski definition) is 2. The van der Waals surface area contributed by atoms with Crippen molar-refractivity contribution in [2.75, 3.05) is 13.1 Å². The van der Waals surface area contributed by atoms with Crippen molar-refractivity contribution in [3.05, 3.63) is 35.4 Å². The average Bonchev–Trinajstić information content (AvgIpc) is 2.52. The number of carbonyl (C=O) groups is 2. The lowest BCUT2D eigenvalue weighted by molar-refractivity contribution is -0.182. The van der Waals surface area contributed by atoms with Gasteiger partial charge in [-0.2, -0.15) is 5.26 Å². The van der Waals surface area contributed by atoms with Gasteiger partial charge in [0.15, 0.2) is 0 Å². The monoisotopic (exact) mass is 351 g/mol. The van der Waals surface area contributed by atoms with Crippen LogP contribution >= 0.6 is 0 Å². The molecule has 0 saturated heterocycles. The molecule has 0 amide bonds. The van der Waals surface area contributed by atoms with Crippen molar-refractivity contribution >= 4 is 11.9 Å². The maximum Gasteiger partial charge on any atom is 0.372 e. The fraction of sp³-hybridized carbons (Fsp3) is 0.579. The molecule has 0 spiro atoms. The van der Waals surface area contributed by atoms with Gasteiger partial charge in [0, 0.05) is 0 Å². The number of benzene rings is 1. The highest BCUT2D eigenvalue weighted by atomic mass is 17.1. The molecule has 1 aromatic carbocycles. The van der Waals surface area contributed by atoms with Gasteiger partial charge >= 0.3 is 11.9 Å². The number of carbonyl (C=O) groups excluding carboxylic acids is 2. The van der Waals surface area contributed by atoms with Crippen LogP contribution in [0, 0.1) is 0 Å². The molecule has 0 heterocycles. The number of rotatable bonds is 8. The van der Waals surface area contributed by atoms with Gasteiger partial charge in [0.25, 0.3) is 0 Å². The fourth-order valence-electron chi connectivity index (χ4n) is 2.49. The Bertz CT molecular complexity index is 590. The number of esters is 1. The van der Waals surface area contributed by atoms with Crippen LogP contribution in [-0.4, -0.2) is 35.9 Å². The van der Waals surface area contributed by atoms with Gasteiger partial charge in [0.2, 0.25) is 0 Å². The van der Waals surface area contributed by atoms with E-state index in [4.69, 9.17) is 9.99 Å². The maximum atomic E-state index is 11.6. The van der Waals surface area contributed by atoms with E-state index in [1.165, 1.54) is 0 Å². The highest BCUT2D eigenvalue weighted by Crippen LogP contribution is 2.29. The normalized spacial score (nSPS) is 11.9. The summed E-state index contributed by atoms with van der Waals surface area (Å²) in [4.78, 5) is 26.8. The molecule has 2 N–H and O–H groups in total. The predicted molar refractivity (Wildman–Crippen MR) is 95.5 cm³/mol. The molecular weight excluding hydrogens is 322 g/mol. The summed E-state index contributed by atoms with van der Waals surface area (Å²) in [6.45, 7) is 10.6. The summed E-state index contributed by atoms with van der Waals surface area (Å²) in [5, 5.41) is 11.6. The van der Waals surface area contributed by atoms with E-state index in [1.54, 1.807) is 18.2 Å². The van der Waals surface area contributed by atoms with Crippen molar-refractivity contribution in [3.8, 4) is 0 Å². The van der Waals surface area contributed by atoms with Crippen LogP contribution in [0.15, 0.2) is 24.3 Å². The van der Waals surface area contributed by atoms with Crippen molar-refractivity contribution in [1.82, 2.24) is 5.32 Å². The molecule has 0 saturated carbocycles. The maximum absolute atomic E-state index is 11.6. The van der Waals surface area contributed by atoms with Crippen molar-refractivity contribution < 1.29 is 24.5 Å². The smallest absolute Gasteiger partial charge is 0.372 e. The van der Waals surface area contributed by atoms with Crippen LogP contribution in [0.2, 0.25) is 0 Å². The van der Waals surface area contributed by atoms with Crippen LogP contribution in [0.25, 0.3) is 0 Å². The molecule has 25 heavy (non-hydrogen) atoms. The summed E-state index contributed by atoms with van der Waals surface area (Å²) in [5.74, 6) is -1.03. The van der Waals surface area contributed by atoms with Crippen LogP contribution in [0.3, 0.4) is 0 Å². The molecule has 6 heteroatoms. The Hall–Kier alpha value is -1.92. The standard InChI is InChI=1S/C19H29NO5/c1-18(2,3)24-16(21)13-20-11-7-10-19(4,5)15-9-6-8-14(12-15)17(22)25-23/h6,8-9,12,20,23H,7,10-11,13H2,1-5H3. The highest BCUT2D eigenvalue weighted by molar-refractivity contribution is 5.89. The minimum absolute atomic E-state index is 0.153. The SMILES string of the molecule is CC(C)(C)OC(=O)CNCCCC(C)(C)c1cccc(C(=O)OO)c1. The summed E-state index contributed by atoms with van der Waals surface area (Å²) in [7, 11) is 0. The predicted octanol–water partition coefficient (Wildman–Crippen LogP) is 3.31. The molecule has 1 aromatic rings. The number of ether oxygens (including phenoxy) is 1. The van der Waals surface area contributed by atoms with Gasteiger partial charge < -0.3 is 10.1 Å². The number of nitrogens with one attached hydrogen (secondary N) is 1. The topological polar surface area (TPSA) is 84.9 Å². The first-order valence-electron chi connectivity index (χ1n) is 8.44. The molecule has 0 fully saturated rings. The summed E-state index contributed by atoms with van der Waals surface area (Å²) in [6.07, 6.45) is 1.73. The van der Waals surface area contributed by atoms with Gasteiger partial charge in [0.05, 0.1) is 12.1 Å². The van der Waals surface area contributed by atoms with E-state index in [0.717, 1.165) is 18.4 Å². The van der Waals surface area contributed by atoms with Crippen molar-refractivity contribution in [1.29, 1.82) is 0 Å².